The van der Waals surface area contributed by atoms with Gasteiger partial charge in [-0.15, -0.1) is 11.3 Å². The molecule has 1 saturated carbocycles. The van der Waals surface area contributed by atoms with Crippen molar-refractivity contribution in [2.45, 2.75) is 31.7 Å². The van der Waals surface area contributed by atoms with Crippen molar-refractivity contribution in [1.82, 2.24) is 4.98 Å². The monoisotopic (exact) mass is 182 g/mol. The molecule has 1 heterocycles. The highest BCUT2D eigenvalue weighted by Gasteiger charge is 2.21. The number of hydrogen-bond acceptors (Lipinski definition) is 3. The van der Waals surface area contributed by atoms with Gasteiger partial charge in [-0.25, -0.2) is 4.98 Å². The molecule has 0 bridgehead atoms. The van der Waals surface area contributed by atoms with E-state index in [-0.39, 0.29) is 6.04 Å². The maximum absolute atomic E-state index is 5.99. The molecule has 2 nitrogen and oxygen atoms in total. The molecule has 1 aliphatic carbocycles. The van der Waals surface area contributed by atoms with Crippen LogP contribution in [0.1, 0.15) is 37.4 Å². The summed E-state index contributed by atoms with van der Waals surface area (Å²) in [6.07, 6.45) is 5.27. The third-order valence-corrected chi connectivity index (χ3v) is 3.25. The first-order valence-corrected chi connectivity index (χ1v) is 5.44. The zero-order valence-electron chi connectivity index (χ0n) is 7.07. The number of thiazole rings is 1. The molecule has 0 amide bonds. The molecular weight excluding hydrogens is 168 g/mol. The number of rotatable bonds is 3. The van der Waals surface area contributed by atoms with Crippen molar-refractivity contribution >= 4 is 11.3 Å². The van der Waals surface area contributed by atoms with Gasteiger partial charge >= 0.3 is 0 Å². The fourth-order valence-electron chi connectivity index (χ4n) is 1.61. The molecule has 2 rings (SSSR count). The van der Waals surface area contributed by atoms with E-state index in [0.29, 0.717) is 0 Å². The number of hydrogen-bond donors (Lipinski definition) is 1. The Bertz CT molecular complexity index is 229. The first-order chi connectivity index (χ1) is 5.86. The van der Waals surface area contributed by atoms with E-state index >= 15 is 0 Å². The lowest BCUT2D eigenvalue weighted by atomic mass is 9.80. The van der Waals surface area contributed by atoms with Gasteiger partial charge in [-0.05, 0) is 12.3 Å². The van der Waals surface area contributed by atoms with Crippen molar-refractivity contribution in [3.05, 3.63) is 16.6 Å². The zero-order chi connectivity index (χ0) is 8.39. The van der Waals surface area contributed by atoms with Crippen LogP contribution in [0.4, 0.5) is 0 Å². The minimum atomic E-state index is 0.182. The van der Waals surface area contributed by atoms with E-state index in [1.54, 1.807) is 11.3 Å². The molecule has 0 spiro atoms. The molecule has 0 aliphatic heterocycles. The lowest BCUT2D eigenvalue weighted by Gasteiger charge is -2.27. The maximum Gasteiger partial charge on any atom is 0.0795 e. The minimum Gasteiger partial charge on any atom is -0.323 e. The second-order valence-corrected chi connectivity index (χ2v) is 4.27. The van der Waals surface area contributed by atoms with Gasteiger partial charge in [0.05, 0.1) is 11.2 Å². The Hall–Kier alpha value is -0.410. The van der Waals surface area contributed by atoms with E-state index in [9.17, 15) is 0 Å². The van der Waals surface area contributed by atoms with Gasteiger partial charge in [-0.2, -0.15) is 0 Å². The van der Waals surface area contributed by atoms with Crippen LogP contribution < -0.4 is 5.73 Å². The quantitative estimate of drug-likeness (QED) is 0.779. The van der Waals surface area contributed by atoms with E-state index in [4.69, 9.17) is 5.73 Å². The Labute approximate surface area is 76.8 Å². The highest BCUT2D eigenvalue weighted by atomic mass is 32.1. The third-order valence-electron chi connectivity index (χ3n) is 2.64. The van der Waals surface area contributed by atoms with Crippen molar-refractivity contribution in [2.24, 2.45) is 11.7 Å². The van der Waals surface area contributed by atoms with Crippen molar-refractivity contribution in [2.75, 3.05) is 0 Å². The largest absolute Gasteiger partial charge is 0.323 e. The molecule has 2 N–H and O–H groups in total. The van der Waals surface area contributed by atoms with Gasteiger partial charge < -0.3 is 5.73 Å². The molecule has 0 aromatic carbocycles. The average Bonchev–Trinajstić information content (AvgIpc) is 2.47. The first-order valence-electron chi connectivity index (χ1n) is 4.50. The topological polar surface area (TPSA) is 38.9 Å². The van der Waals surface area contributed by atoms with E-state index in [0.717, 1.165) is 18.0 Å². The number of nitrogens with two attached hydrogens (primary N) is 1. The Morgan fingerprint density at radius 1 is 1.67 bits per heavy atom. The van der Waals surface area contributed by atoms with E-state index in [1.165, 1.54) is 19.3 Å². The fraction of sp³-hybridized carbons (Fsp3) is 0.667. The maximum atomic E-state index is 5.99. The molecular formula is C9H14N2S. The summed E-state index contributed by atoms with van der Waals surface area (Å²) >= 11 is 1.63. The highest BCUT2D eigenvalue weighted by Crippen LogP contribution is 2.33. The van der Waals surface area contributed by atoms with Crippen LogP contribution in [0, 0.1) is 5.92 Å². The molecule has 1 unspecified atom stereocenters. The summed E-state index contributed by atoms with van der Waals surface area (Å²) in [6.45, 7) is 0. The van der Waals surface area contributed by atoms with Gasteiger partial charge in [0.25, 0.3) is 0 Å². The third kappa shape index (κ3) is 1.67. The Kier molecular flexibility index (Phi) is 2.42. The summed E-state index contributed by atoms with van der Waals surface area (Å²) in [4.78, 5) is 4.22. The van der Waals surface area contributed by atoms with Crippen molar-refractivity contribution < 1.29 is 0 Å². The lowest BCUT2D eigenvalue weighted by Crippen LogP contribution is -2.20. The summed E-state index contributed by atoms with van der Waals surface area (Å²) < 4.78 is 0. The minimum absolute atomic E-state index is 0.182. The van der Waals surface area contributed by atoms with Crippen LogP contribution in [0.5, 0.6) is 0 Å². The molecule has 1 aliphatic rings. The second kappa shape index (κ2) is 3.54. The molecule has 1 atom stereocenters. The molecule has 3 heteroatoms. The molecule has 12 heavy (non-hydrogen) atoms. The Morgan fingerprint density at radius 3 is 3.00 bits per heavy atom. The van der Waals surface area contributed by atoms with E-state index in [1.807, 2.05) is 5.51 Å². The van der Waals surface area contributed by atoms with Gasteiger partial charge in [0.2, 0.25) is 0 Å². The molecule has 1 aromatic rings. The van der Waals surface area contributed by atoms with Crippen molar-refractivity contribution in [3.63, 3.8) is 0 Å². The van der Waals surface area contributed by atoms with Crippen LogP contribution in [0.15, 0.2) is 10.9 Å². The van der Waals surface area contributed by atoms with Gasteiger partial charge in [-0.3, -0.25) is 0 Å². The molecule has 1 fully saturated rings. The summed E-state index contributed by atoms with van der Waals surface area (Å²) in [5.74, 6) is 0.877. The lowest BCUT2D eigenvalue weighted by molar-refractivity contribution is 0.276. The average molecular weight is 182 g/mol. The summed E-state index contributed by atoms with van der Waals surface area (Å²) in [7, 11) is 0. The molecule has 66 valence electrons. The number of aromatic nitrogens is 1. The normalized spacial score (nSPS) is 20.4. The molecule has 0 saturated heterocycles. The summed E-state index contributed by atoms with van der Waals surface area (Å²) in [5, 5.41) is 2.06. The Balaban J connectivity index is 1.87. The van der Waals surface area contributed by atoms with Gasteiger partial charge in [0.15, 0.2) is 0 Å². The summed E-state index contributed by atoms with van der Waals surface area (Å²) in [6, 6.07) is 0.182. The van der Waals surface area contributed by atoms with Crippen LogP contribution in [-0.2, 0) is 0 Å². The fourth-order valence-corrected chi connectivity index (χ4v) is 2.23. The summed E-state index contributed by atoms with van der Waals surface area (Å²) in [5.41, 5.74) is 8.93. The van der Waals surface area contributed by atoms with E-state index in [2.05, 4.69) is 10.4 Å². The molecule has 1 aromatic heterocycles. The predicted octanol–water partition coefficient (Wildman–Crippen LogP) is 2.33. The van der Waals surface area contributed by atoms with Crippen LogP contribution in [-0.4, -0.2) is 4.98 Å². The zero-order valence-corrected chi connectivity index (χ0v) is 7.89. The van der Waals surface area contributed by atoms with Crippen LogP contribution in [0.25, 0.3) is 0 Å². The van der Waals surface area contributed by atoms with E-state index < -0.39 is 0 Å². The second-order valence-electron chi connectivity index (χ2n) is 3.55. The van der Waals surface area contributed by atoms with Crippen molar-refractivity contribution in [1.29, 1.82) is 0 Å². The predicted molar refractivity (Wildman–Crippen MR) is 51.0 cm³/mol. The highest BCUT2D eigenvalue weighted by molar-refractivity contribution is 7.07. The van der Waals surface area contributed by atoms with Crippen LogP contribution in [0.2, 0.25) is 0 Å². The standard InChI is InChI=1S/C9H14N2S/c10-8(4-7-2-1-3-7)9-5-12-6-11-9/h5-8H,1-4,10H2. The molecule has 0 radical (unpaired) electrons. The number of nitrogens with zero attached hydrogens (tertiary/aromatic N) is 1. The first kappa shape index (κ1) is 8.20. The smallest absolute Gasteiger partial charge is 0.0795 e. The van der Waals surface area contributed by atoms with Crippen LogP contribution >= 0.6 is 11.3 Å². The van der Waals surface area contributed by atoms with Gasteiger partial charge in [-0.1, -0.05) is 19.3 Å². The SMILES string of the molecule is NC(CC1CCC1)c1cscn1. The van der Waals surface area contributed by atoms with Gasteiger partial charge in [0, 0.05) is 11.4 Å². The van der Waals surface area contributed by atoms with Crippen molar-refractivity contribution in [3.8, 4) is 0 Å². The van der Waals surface area contributed by atoms with Crippen LogP contribution in [0.3, 0.4) is 0 Å². The van der Waals surface area contributed by atoms with Gasteiger partial charge in [0.1, 0.15) is 0 Å². The Morgan fingerprint density at radius 2 is 2.50 bits per heavy atom.